The predicted octanol–water partition coefficient (Wildman–Crippen LogP) is 2.86. The monoisotopic (exact) mass is 408 g/mol. The van der Waals surface area contributed by atoms with E-state index < -0.39 is 5.69 Å². The second-order valence-electron chi connectivity index (χ2n) is 6.52. The van der Waals surface area contributed by atoms with Crippen LogP contribution in [-0.4, -0.2) is 30.1 Å². The third kappa shape index (κ3) is 3.62. The maximum absolute atomic E-state index is 12.7. The zero-order valence-corrected chi connectivity index (χ0v) is 16.5. The summed E-state index contributed by atoms with van der Waals surface area (Å²) in [5, 5.41) is 7.63. The van der Waals surface area contributed by atoms with E-state index in [0.717, 1.165) is 15.8 Å². The topological polar surface area (TPSA) is 94.2 Å². The van der Waals surface area contributed by atoms with Crippen molar-refractivity contribution in [3.8, 4) is 11.3 Å². The van der Waals surface area contributed by atoms with Gasteiger partial charge in [0.25, 0.3) is 0 Å². The molecule has 1 amide bonds. The summed E-state index contributed by atoms with van der Waals surface area (Å²) in [4.78, 5) is 33.7. The van der Waals surface area contributed by atoms with Crippen LogP contribution in [0.5, 0.6) is 0 Å². The van der Waals surface area contributed by atoms with Crippen LogP contribution in [0.4, 0.5) is 5.69 Å². The molecule has 0 radical (unpaired) electrons. The van der Waals surface area contributed by atoms with E-state index in [-0.39, 0.29) is 12.5 Å². The average molecular weight is 409 g/mol. The number of aryl methyl sites for hydroxylation is 1. The fourth-order valence-electron chi connectivity index (χ4n) is 3.04. The van der Waals surface area contributed by atoms with Crippen molar-refractivity contribution in [2.24, 2.45) is 0 Å². The fourth-order valence-corrected chi connectivity index (χ4v) is 3.22. The van der Waals surface area contributed by atoms with Crippen LogP contribution >= 0.6 is 11.6 Å². The molecule has 8 nitrogen and oxygen atoms in total. The summed E-state index contributed by atoms with van der Waals surface area (Å²) < 4.78 is 2.50. The molecule has 146 valence electrons. The summed E-state index contributed by atoms with van der Waals surface area (Å²) in [6.07, 6.45) is 3.34. The van der Waals surface area contributed by atoms with Crippen LogP contribution in [0.1, 0.15) is 11.4 Å². The van der Waals surface area contributed by atoms with Crippen molar-refractivity contribution in [1.29, 1.82) is 0 Å². The number of halogens is 1. The Bertz CT molecular complexity index is 1280. The smallest absolute Gasteiger partial charge is 0.324 e. The number of carbonyl (C=O) groups is 1. The van der Waals surface area contributed by atoms with Crippen molar-refractivity contribution in [3.63, 3.8) is 0 Å². The van der Waals surface area contributed by atoms with Gasteiger partial charge in [-0.25, -0.2) is 18.9 Å². The summed E-state index contributed by atoms with van der Waals surface area (Å²) in [5.41, 5.74) is 2.88. The molecule has 4 aromatic rings. The van der Waals surface area contributed by atoms with Crippen LogP contribution in [0.3, 0.4) is 0 Å². The Labute approximate surface area is 170 Å². The van der Waals surface area contributed by atoms with Crippen molar-refractivity contribution in [2.75, 3.05) is 5.32 Å². The molecular weight excluding hydrogens is 392 g/mol. The molecule has 0 saturated carbocycles. The maximum atomic E-state index is 12.7. The van der Waals surface area contributed by atoms with Gasteiger partial charge in [0.2, 0.25) is 5.91 Å². The van der Waals surface area contributed by atoms with E-state index in [0.29, 0.717) is 27.9 Å². The van der Waals surface area contributed by atoms with Crippen LogP contribution in [0.15, 0.2) is 53.6 Å². The van der Waals surface area contributed by atoms with Gasteiger partial charge in [-0.05, 0) is 43.7 Å². The van der Waals surface area contributed by atoms with Crippen molar-refractivity contribution < 1.29 is 4.79 Å². The minimum absolute atomic E-state index is 0.226. The van der Waals surface area contributed by atoms with Gasteiger partial charge in [0.05, 0.1) is 5.69 Å². The molecule has 0 saturated heterocycles. The molecule has 3 aromatic heterocycles. The van der Waals surface area contributed by atoms with Gasteiger partial charge in [-0.3, -0.25) is 9.78 Å². The van der Waals surface area contributed by atoms with Crippen LogP contribution in [0, 0.1) is 13.8 Å². The van der Waals surface area contributed by atoms with Gasteiger partial charge in [-0.2, -0.15) is 0 Å². The largest absolute Gasteiger partial charge is 0.352 e. The molecular formula is C20H17ClN6O2. The number of anilines is 1. The van der Waals surface area contributed by atoms with E-state index in [2.05, 4.69) is 20.4 Å². The van der Waals surface area contributed by atoms with E-state index in [1.807, 2.05) is 19.1 Å². The zero-order valence-electron chi connectivity index (χ0n) is 15.8. The standard InChI is InChI=1S/C20H17ClN6O2/c1-12-15(21)4-3-5-16(12)24-19(28)11-26-20(29)27-13(2)23-17(10-18(27)25-26)14-6-8-22-9-7-14/h3-10H,11H2,1-2H3,(H,24,28). The molecule has 0 aliphatic rings. The molecule has 0 bridgehead atoms. The lowest BCUT2D eigenvalue weighted by molar-refractivity contribution is -0.117. The Morgan fingerprint density at radius 1 is 1.17 bits per heavy atom. The number of aromatic nitrogens is 5. The lowest BCUT2D eigenvalue weighted by atomic mass is 10.2. The number of fused-ring (bicyclic) bond motifs is 1. The van der Waals surface area contributed by atoms with Gasteiger partial charge in [0.15, 0.2) is 5.65 Å². The molecule has 9 heteroatoms. The summed E-state index contributed by atoms with van der Waals surface area (Å²) in [6.45, 7) is 3.31. The van der Waals surface area contributed by atoms with Gasteiger partial charge in [-0.1, -0.05) is 17.7 Å². The summed E-state index contributed by atoms with van der Waals surface area (Å²) in [6, 6.07) is 10.6. The number of pyridine rings is 1. The van der Waals surface area contributed by atoms with Crippen LogP contribution < -0.4 is 11.0 Å². The lowest BCUT2D eigenvalue weighted by Gasteiger charge is -2.09. The molecule has 0 aliphatic carbocycles. The number of rotatable bonds is 4. The highest BCUT2D eigenvalue weighted by molar-refractivity contribution is 6.31. The molecule has 0 fully saturated rings. The van der Waals surface area contributed by atoms with Crippen LogP contribution in [-0.2, 0) is 11.3 Å². The van der Waals surface area contributed by atoms with Crippen LogP contribution in [0.25, 0.3) is 16.9 Å². The average Bonchev–Trinajstić information content (AvgIpc) is 3.02. The van der Waals surface area contributed by atoms with Gasteiger partial charge < -0.3 is 5.32 Å². The van der Waals surface area contributed by atoms with Gasteiger partial charge in [0.1, 0.15) is 12.4 Å². The SMILES string of the molecule is Cc1c(Cl)cccc1NC(=O)Cn1nc2cc(-c3ccncc3)nc(C)n2c1=O. The Morgan fingerprint density at radius 3 is 2.69 bits per heavy atom. The number of amides is 1. The highest BCUT2D eigenvalue weighted by Gasteiger charge is 2.15. The first-order valence-corrected chi connectivity index (χ1v) is 9.24. The third-order valence-corrected chi connectivity index (χ3v) is 4.96. The first kappa shape index (κ1) is 18.8. The minimum atomic E-state index is -0.427. The first-order chi connectivity index (χ1) is 13.9. The van der Waals surface area contributed by atoms with Gasteiger partial charge in [0, 0.05) is 34.7 Å². The number of hydrogen-bond donors (Lipinski definition) is 1. The van der Waals surface area contributed by atoms with Crippen molar-refractivity contribution in [3.05, 3.63) is 75.7 Å². The molecule has 29 heavy (non-hydrogen) atoms. The highest BCUT2D eigenvalue weighted by Crippen LogP contribution is 2.23. The molecule has 1 aromatic carbocycles. The molecule has 0 atom stereocenters. The minimum Gasteiger partial charge on any atom is -0.324 e. The third-order valence-electron chi connectivity index (χ3n) is 4.55. The number of hydrogen-bond acceptors (Lipinski definition) is 5. The molecule has 0 aliphatic heterocycles. The Hall–Kier alpha value is -3.52. The highest BCUT2D eigenvalue weighted by atomic mass is 35.5. The Morgan fingerprint density at radius 2 is 1.93 bits per heavy atom. The van der Waals surface area contributed by atoms with Crippen molar-refractivity contribution in [2.45, 2.75) is 20.4 Å². The number of nitrogens with zero attached hydrogens (tertiary/aromatic N) is 5. The van der Waals surface area contributed by atoms with Crippen LogP contribution in [0.2, 0.25) is 5.02 Å². The fraction of sp³-hybridized carbons (Fsp3) is 0.150. The molecule has 0 unspecified atom stereocenters. The molecule has 4 rings (SSSR count). The molecule has 0 spiro atoms. The first-order valence-electron chi connectivity index (χ1n) is 8.86. The molecule has 1 N–H and O–H groups in total. The van der Waals surface area contributed by atoms with Gasteiger partial charge >= 0.3 is 5.69 Å². The number of carbonyl (C=O) groups excluding carboxylic acids is 1. The predicted molar refractivity (Wildman–Crippen MR) is 110 cm³/mol. The zero-order chi connectivity index (χ0) is 20.5. The van der Waals surface area contributed by atoms with Gasteiger partial charge in [-0.15, -0.1) is 5.10 Å². The Kier molecular flexibility index (Phi) is 4.85. The van der Waals surface area contributed by atoms with E-state index in [9.17, 15) is 9.59 Å². The summed E-state index contributed by atoms with van der Waals surface area (Å²) in [7, 11) is 0. The number of nitrogens with one attached hydrogen (secondary N) is 1. The number of benzene rings is 1. The molecule has 3 heterocycles. The lowest BCUT2D eigenvalue weighted by Crippen LogP contribution is -2.29. The second kappa shape index (κ2) is 7.48. The quantitative estimate of drug-likeness (QED) is 0.560. The van der Waals surface area contributed by atoms with E-state index >= 15 is 0 Å². The van der Waals surface area contributed by atoms with E-state index in [1.54, 1.807) is 43.6 Å². The van der Waals surface area contributed by atoms with E-state index in [4.69, 9.17) is 11.6 Å². The summed E-state index contributed by atoms with van der Waals surface area (Å²) >= 11 is 6.09. The van der Waals surface area contributed by atoms with Crippen molar-refractivity contribution in [1.82, 2.24) is 24.1 Å². The summed E-state index contributed by atoms with van der Waals surface area (Å²) in [5.74, 6) is 0.109. The second-order valence-corrected chi connectivity index (χ2v) is 6.93. The Balaban J connectivity index is 1.65. The van der Waals surface area contributed by atoms with E-state index in [1.165, 1.54) is 4.40 Å². The van der Waals surface area contributed by atoms with Crippen molar-refractivity contribution >= 4 is 28.8 Å². The maximum Gasteiger partial charge on any atom is 0.352 e. The normalized spacial score (nSPS) is 11.0.